The Labute approximate surface area is 103 Å². The van der Waals surface area contributed by atoms with Crippen molar-refractivity contribution in [3.05, 3.63) is 63.9 Å². The monoisotopic (exact) mass is 251 g/mol. The van der Waals surface area contributed by atoms with Crippen molar-refractivity contribution in [3.63, 3.8) is 0 Å². The molecule has 0 unspecified atom stereocenters. The Balaban J connectivity index is 2.46. The van der Waals surface area contributed by atoms with Crippen LogP contribution >= 0.6 is 23.2 Å². The summed E-state index contributed by atoms with van der Waals surface area (Å²) in [7, 11) is 0. The maximum atomic E-state index is 12.0. The predicted octanol–water partition coefficient (Wildman–Crippen LogP) is 3.62. The van der Waals surface area contributed by atoms with E-state index in [1.54, 1.807) is 30.3 Å². The molecule has 0 aliphatic heterocycles. The minimum atomic E-state index is -0.157. The zero-order valence-electron chi connectivity index (χ0n) is 8.15. The summed E-state index contributed by atoms with van der Waals surface area (Å²) >= 11 is 11.7. The number of pyridine rings is 1. The lowest BCUT2D eigenvalue weighted by atomic mass is 10.0. The number of nitrogens with zero attached hydrogens (tertiary/aromatic N) is 1. The lowest BCUT2D eigenvalue weighted by Crippen LogP contribution is -2.02. The van der Waals surface area contributed by atoms with E-state index in [9.17, 15) is 4.79 Å². The lowest BCUT2D eigenvalue weighted by molar-refractivity contribution is 0.103. The number of benzene rings is 1. The molecule has 2 rings (SSSR count). The summed E-state index contributed by atoms with van der Waals surface area (Å²) in [5, 5.41) is 0.335. The second-order valence-electron chi connectivity index (χ2n) is 3.16. The molecule has 0 bridgehead atoms. The van der Waals surface area contributed by atoms with E-state index in [2.05, 4.69) is 4.98 Å². The molecule has 0 saturated carbocycles. The molecule has 80 valence electrons. The Kier molecular flexibility index (Phi) is 3.22. The molecule has 1 aromatic carbocycles. The Morgan fingerprint density at radius 2 is 1.75 bits per heavy atom. The van der Waals surface area contributed by atoms with Crippen LogP contribution in [-0.4, -0.2) is 10.8 Å². The average molecular weight is 252 g/mol. The summed E-state index contributed by atoms with van der Waals surface area (Å²) in [5.74, 6) is -0.157. The van der Waals surface area contributed by atoms with Crippen LogP contribution < -0.4 is 0 Å². The fourth-order valence-corrected chi connectivity index (χ4v) is 1.69. The van der Waals surface area contributed by atoms with E-state index < -0.39 is 0 Å². The first-order chi connectivity index (χ1) is 7.70. The van der Waals surface area contributed by atoms with Crippen molar-refractivity contribution in [2.75, 3.05) is 0 Å². The maximum Gasteiger partial charge on any atom is 0.194 e. The number of halogens is 2. The van der Waals surface area contributed by atoms with Gasteiger partial charge in [-0.05, 0) is 6.07 Å². The van der Waals surface area contributed by atoms with Gasteiger partial charge in [0.25, 0.3) is 0 Å². The first-order valence-corrected chi connectivity index (χ1v) is 5.35. The molecule has 0 spiro atoms. The minimum absolute atomic E-state index is 0.142. The van der Waals surface area contributed by atoms with Crippen molar-refractivity contribution in [2.24, 2.45) is 0 Å². The van der Waals surface area contributed by atoms with Crippen LogP contribution in [0, 0.1) is 0 Å². The molecule has 0 amide bonds. The fourth-order valence-electron chi connectivity index (χ4n) is 1.34. The molecule has 0 radical (unpaired) electrons. The van der Waals surface area contributed by atoms with Crippen LogP contribution in [-0.2, 0) is 0 Å². The van der Waals surface area contributed by atoms with Gasteiger partial charge in [-0.15, -0.1) is 0 Å². The van der Waals surface area contributed by atoms with Crippen molar-refractivity contribution in [1.29, 1.82) is 0 Å². The van der Waals surface area contributed by atoms with Crippen molar-refractivity contribution < 1.29 is 4.79 Å². The molecule has 0 fully saturated rings. The SMILES string of the molecule is O=C(c1ccccc1)c1ccnc(Cl)c1Cl. The first-order valence-electron chi connectivity index (χ1n) is 4.60. The number of aromatic nitrogens is 1. The molecule has 16 heavy (non-hydrogen) atoms. The number of rotatable bonds is 2. The minimum Gasteiger partial charge on any atom is -0.289 e. The van der Waals surface area contributed by atoms with E-state index in [0.29, 0.717) is 11.1 Å². The van der Waals surface area contributed by atoms with Gasteiger partial charge in [-0.3, -0.25) is 4.79 Å². The summed E-state index contributed by atoms with van der Waals surface area (Å²) in [4.78, 5) is 15.8. The third-order valence-corrected chi connectivity index (χ3v) is 2.89. The van der Waals surface area contributed by atoms with E-state index >= 15 is 0 Å². The van der Waals surface area contributed by atoms with Crippen molar-refractivity contribution in [1.82, 2.24) is 4.98 Å². The zero-order chi connectivity index (χ0) is 11.5. The quantitative estimate of drug-likeness (QED) is 0.603. The highest BCUT2D eigenvalue weighted by atomic mass is 35.5. The van der Waals surface area contributed by atoms with Crippen molar-refractivity contribution >= 4 is 29.0 Å². The van der Waals surface area contributed by atoms with Gasteiger partial charge >= 0.3 is 0 Å². The fraction of sp³-hybridized carbons (Fsp3) is 0. The zero-order valence-corrected chi connectivity index (χ0v) is 9.66. The molecule has 2 nitrogen and oxygen atoms in total. The van der Waals surface area contributed by atoms with E-state index in [0.717, 1.165) is 0 Å². The second-order valence-corrected chi connectivity index (χ2v) is 3.89. The van der Waals surface area contributed by atoms with Gasteiger partial charge in [-0.25, -0.2) is 4.98 Å². The number of hydrogen-bond acceptors (Lipinski definition) is 2. The molecule has 4 heteroatoms. The predicted molar refractivity (Wildman–Crippen MR) is 64.1 cm³/mol. The van der Waals surface area contributed by atoms with Crippen LogP contribution in [0.15, 0.2) is 42.6 Å². The number of ketones is 1. The van der Waals surface area contributed by atoms with Crippen LogP contribution in [0.2, 0.25) is 10.2 Å². The van der Waals surface area contributed by atoms with Gasteiger partial charge in [0.2, 0.25) is 0 Å². The lowest BCUT2D eigenvalue weighted by Gasteiger charge is -2.03. The van der Waals surface area contributed by atoms with Gasteiger partial charge < -0.3 is 0 Å². The molecular formula is C12H7Cl2NO. The highest BCUT2D eigenvalue weighted by Crippen LogP contribution is 2.25. The summed E-state index contributed by atoms with van der Waals surface area (Å²) in [6.07, 6.45) is 1.46. The smallest absolute Gasteiger partial charge is 0.194 e. The third kappa shape index (κ3) is 2.08. The first kappa shape index (κ1) is 11.1. The molecule has 0 saturated heterocycles. The molecule has 0 N–H and O–H groups in total. The Hall–Kier alpha value is -1.38. The van der Waals surface area contributed by atoms with Crippen LogP contribution in [0.1, 0.15) is 15.9 Å². The van der Waals surface area contributed by atoms with Gasteiger partial charge in [0, 0.05) is 17.3 Å². The largest absolute Gasteiger partial charge is 0.289 e. The van der Waals surface area contributed by atoms with Crippen molar-refractivity contribution in [2.45, 2.75) is 0 Å². The summed E-state index contributed by atoms with van der Waals surface area (Å²) < 4.78 is 0. The normalized spacial score (nSPS) is 10.1. The summed E-state index contributed by atoms with van der Waals surface area (Å²) in [6.45, 7) is 0. The number of hydrogen-bond donors (Lipinski definition) is 0. The van der Waals surface area contributed by atoms with E-state index in [-0.39, 0.29) is 16.0 Å². The molecule has 0 aliphatic rings. The van der Waals surface area contributed by atoms with Crippen LogP contribution in [0.3, 0.4) is 0 Å². The summed E-state index contributed by atoms with van der Waals surface area (Å²) in [5.41, 5.74) is 0.944. The second kappa shape index (κ2) is 4.64. The van der Waals surface area contributed by atoms with Crippen molar-refractivity contribution in [3.8, 4) is 0 Å². The number of carbonyl (C=O) groups is 1. The maximum absolute atomic E-state index is 12.0. The number of carbonyl (C=O) groups excluding carboxylic acids is 1. The highest BCUT2D eigenvalue weighted by molar-refractivity contribution is 6.43. The van der Waals surface area contributed by atoms with Gasteiger partial charge in [-0.1, -0.05) is 53.5 Å². The highest BCUT2D eigenvalue weighted by Gasteiger charge is 2.14. The van der Waals surface area contributed by atoms with Crippen LogP contribution in [0.4, 0.5) is 0 Å². The van der Waals surface area contributed by atoms with E-state index in [1.165, 1.54) is 6.20 Å². The third-order valence-electron chi connectivity index (χ3n) is 2.13. The topological polar surface area (TPSA) is 30.0 Å². The van der Waals surface area contributed by atoms with Gasteiger partial charge in [0.1, 0.15) is 5.15 Å². The van der Waals surface area contributed by atoms with E-state index in [1.807, 2.05) is 6.07 Å². The van der Waals surface area contributed by atoms with Gasteiger partial charge in [0.05, 0.1) is 5.02 Å². The van der Waals surface area contributed by atoms with Crippen LogP contribution in [0.25, 0.3) is 0 Å². The van der Waals surface area contributed by atoms with Gasteiger partial charge in [0.15, 0.2) is 5.78 Å². The van der Waals surface area contributed by atoms with Gasteiger partial charge in [-0.2, -0.15) is 0 Å². The van der Waals surface area contributed by atoms with Crippen LogP contribution in [0.5, 0.6) is 0 Å². The Bertz CT molecular complexity index is 526. The standard InChI is InChI=1S/C12H7Cl2NO/c13-10-9(6-7-15-12(10)14)11(16)8-4-2-1-3-5-8/h1-7H. The molecule has 2 aromatic rings. The molecule has 0 aliphatic carbocycles. The van der Waals surface area contributed by atoms with E-state index in [4.69, 9.17) is 23.2 Å². The Morgan fingerprint density at radius 1 is 1.06 bits per heavy atom. The average Bonchev–Trinajstić information content (AvgIpc) is 2.33. The molecular weight excluding hydrogens is 245 g/mol. The summed E-state index contributed by atoms with van der Waals surface area (Å²) in [6, 6.07) is 10.5. The molecule has 1 aromatic heterocycles. The Morgan fingerprint density at radius 3 is 2.44 bits per heavy atom. The molecule has 0 atom stereocenters. The molecule has 1 heterocycles.